The molecular formula is C19H16BrN3O2. The van der Waals surface area contributed by atoms with Crippen molar-refractivity contribution in [2.24, 2.45) is 10.2 Å². The number of hydrogen-bond acceptors (Lipinski definition) is 4. The largest absolute Gasteiger partial charge is 0.496 e. The fraction of sp³-hybridized carbons (Fsp3) is 0.105. The third-order valence-corrected chi connectivity index (χ3v) is 4.37. The predicted molar refractivity (Wildman–Crippen MR) is 104 cm³/mol. The van der Waals surface area contributed by atoms with Crippen LogP contribution in [0.5, 0.6) is 5.75 Å². The number of methoxy groups -OCH3 is 1. The molecule has 1 aliphatic heterocycles. The Hall–Kier alpha value is -2.73. The van der Waals surface area contributed by atoms with Gasteiger partial charge in [-0.25, -0.2) is 0 Å². The van der Waals surface area contributed by atoms with E-state index in [1.54, 1.807) is 24.3 Å². The van der Waals surface area contributed by atoms with Gasteiger partial charge in [0.15, 0.2) is 5.71 Å². The van der Waals surface area contributed by atoms with E-state index in [1.807, 2.05) is 42.5 Å². The highest BCUT2D eigenvalue weighted by atomic mass is 79.9. The number of benzene rings is 2. The Morgan fingerprint density at radius 1 is 1.28 bits per heavy atom. The van der Waals surface area contributed by atoms with Crippen LogP contribution in [0.2, 0.25) is 0 Å². The lowest BCUT2D eigenvalue weighted by Crippen LogP contribution is -2.30. The molecule has 2 aromatic rings. The second kappa shape index (κ2) is 7.44. The first-order valence-corrected chi connectivity index (χ1v) is 8.41. The minimum Gasteiger partial charge on any atom is -0.496 e. The van der Waals surface area contributed by atoms with Gasteiger partial charge in [-0.1, -0.05) is 24.3 Å². The van der Waals surface area contributed by atoms with Crippen LogP contribution < -0.4 is 9.64 Å². The Kier molecular flexibility index (Phi) is 5.09. The van der Waals surface area contributed by atoms with Gasteiger partial charge in [0.1, 0.15) is 5.75 Å². The van der Waals surface area contributed by atoms with Crippen molar-refractivity contribution in [1.82, 2.24) is 0 Å². The van der Waals surface area contributed by atoms with E-state index in [2.05, 4.69) is 32.7 Å². The fourth-order valence-corrected chi connectivity index (χ4v) is 3.14. The highest BCUT2D eigenvalue weighted by Gasteiger charge is 2.32. The molecule has 0 aliphatic carbocycles. The van der Waals surface area contributed by atoms with Crippen molar-refractivity contribution in [3.8, 4) is 5.75 Å². The highest BCUT2D eigenvalue weighted by molar-refractivity contribution is 9.10. The van der Waals surface area contributed by atoms with Crippen LogP contribution in [0.15, 0.2) is 69.8 Å². The first kappa shape index (κ1) is 17.1. The van der Waals surface area contributed by atoms with Gasteiger partial charge >= 0.3 is 0 Å². The number of halogens is 1. The molecule has 1 aliphatic rings. The molecule has 0 radical (unpaired) electrons. The quantitative estimate of drug-likeness (QED) is 0.437. The number of carbonyl (C=O) groups excluding carboxylic acids is 1. The lowest BCUT2D eigenvalue weighted by Gasteiger charge is -2.13. The van der Waals surface area contributed by atoms with Gasteiger partial charge in [0.2, 0.25) is 0 Å². The molecule has 0 atom stereocenters. The minimum absolute atomic E-state index is 0.172. The summed E-state index contributed by atoms with van der Waals surface area (Å²) in [4.78, 5) is 14.2. The van der Waals surface area contributed by atoms with E-state index in [0.29, 0.717) is 12.3 Å². The summed E-state index contributed by atoms with van der Waals surface area (Å²) >= 11 is 3.43. The third kappa shape index (κ3) is 3.39. The smallest absolute Gasteiger partial charge is 0.279 e. The average Bonchev–Trinajstić information content (AvgIpc) is 2.88. The van der Waals surface area contributed by atoms with Crippen molar-refractivity contribution < 1.29 is 9.53 Å². The summed E-state index contributed by atoms with van der Waals surface area (Å²) in [6.07, 6.45) is 3.29. The predicted octanol–water partition coefficient (Wildman–Crippen LogP) is 3.81. The van der Waals surface area contributed by atoms with Gasteiger partial charge < -0.3 is 9.64 Å². The Balaban J connectivity index is 1.89. The lowest BCUT2D eigenvalue weighted by molar-refractivity contribution is -0.112. The van der Waals surface area contributed by atoms with E-state index in [9.17, 15) is 4.79 Å². The molecule has 0 N–H and O–H groups in total. The monoisotopic (exact) mass is 397 g/mol. The van der Waals surface area contributed by atoms with Crippen LogP contribution in [0.25, 0.3) is 0 Å². The summed E-state index contributed by atoms with van der Waals surface area (Å²) in [6.45, 7) is 4.14. The van der Waals surface area contributed by atoms with Gasteiger partial charge in [-0.3, -0.25) is 4.79 Å². The summed E-state index contributed by atoms with van der Waals surface area (Å²) in [6, 6.07) is 13.1. The number of hydrogen-bond donors (Lipinski definition) is 0. The SMILES string of the molecule is C=CCN1C(=O)/C(=N\N=C/c2ccc(OC)c(Br)c2)c2ccccc21. The summed E-state index contributed by atoms with van der Waals surface area (Å²) in [7, 11) is 1.61. The molecule has 0 aromatic heterocycles. The summed E-state index contributed by atoms with van der Waals surface area (Å²) in [5, 5.41) is 8.25. The lowest BCUT2D eigenvalue weighted by atomic mass is 10.1. The molecule has 5 nitrogen and oxygen atoms in total. The molecule has 0 fully saturated rings. The zero-order valence-electron chi connectivity index (χ0n) is 13.6. The number of anilines is 1. The Labute approximate surface area is 154 Å². The first-order valence-electron chi connectivity index (χ1n) is 7.62. The van der Waals surface area contributed by atoms with E-state index < -0.39 is 0 Å². The fourth-order valence-electron chi connectivity index (χ4n) is 2.58. The number of carbonyl (C=O) groups is 1. The summed E-state index contributed by atoms with van der Waals surface area (Å²) < 4.78 is 6.02. The zero-order chi connectivity index (χ0) is 17.8. The van der Waals surface area contributed by atoms with Crippen LogP contribution in [0.1, 0.15) is 11.1 Å². The van der Waals surface area contributed by atoms with Gasteiger partial charge in [-0.05, 0) is 45.8 Å². The zero-order valence-corrected chi connectivity index (χ0v) is 15.2. The van der Waals surface area contributed by atoms with Crippen molar-refractivity contribution in [3.05, 3.63) is 70.7 Å². The second-order valence-corrected chi connectivity index (χ2v) is 6.16. The molecule has 2 aromatic carbocycles. The summed E-state index contributed by atoms with van der Waals surface area (Å²) in [5.74, 6) is 0.567. The average molecular weight is 398 g/mol. The number of para-hydroxylation sites is 1. The van der Waals surface area contributed by atoms with Crippen molar-refractivity contribution in [2.45, 2.75) is 0 Å². The van der Waals surface area contributed by atoms with Crippen LogP contribution in [0, 0.1) is 0 Å². The maximum Gasteiger partial charge on any atom is 0.279 e. The molecule has 6 heteroatoms. The number of fused-ring (bicyclic) bond motifs is 1. The van der Waals surface area contributed by atoms with E-state index in [0.717, 1.165) is 27.0 Å². The Bertz CT molecular complexity index is 890. The standard InChI is InChI=1S/C19H16BrN3O2/c1-3-10-23-16-7-5-4-6-14(16)18(19(23)24)22-21-12-13-8-9-17(25-2)15(20)11-13/h3-9,11-12H,1,10H2,2H3/b21-12-,22-18-. The topological polar surface area (TPSA) is 54.3 Å². The molecule has 126 valence electrons. The van der Waals surface area contributed by atoms with Crippen molar-refractivity contribution in [1.29, 1.82) is 0 Å². The van der Waals surface area contributed by atoms with Crippen molar-refractivity contribution >= 4 is 39.5 Å². The number of rotatable bonds is 5. The molecular weight excluding hydrogens is 382 g/mol. The van der Waals surface area contributed by atoms with Gasteiger partial charge in [-0.15, -0.1) is 11.7 Å². The maximum absolute atomic E-state index is 12.6. The van der Waals surface area contributed by atoms with E-state index in [1.165, 1.54) is 0 Å². The van der Waals surface area contributed by atoms with Gasteiger partial charge in [-0.2, -0.15) is 5.10 Å². The van der Waals surface area contributed by atoms with Crippen LogP contribution >= 0.6 is 15.9 Å². The molecule has 0 spiro atoms. The van der Waals surface area contributed by atoms with Crippen molar-refractivity contribution in [2.75, 3.05) is 18.6 Å². The van der Waals surface area contributed by atoms with E-state index in [4.69, 9.17) is 4.74 Å². The third-order valence-electron chi connectivity index (χ3n) is 3.75. The van der Waals surface area contributed by atoms with Crippen LogP contribution in [-0.4, -0.2) is 31.5 Å². The number of amides is 1. The van der Waals surface area contributed by atoms with E-state index in [-0.39, 0.29) is 5.91 Å². The van der Waals surface area contributed by atoms with Gasteiger partial charge in [0, 0.05) is 12.1 Å². The minimum atomic E-state index is -0.172. The van der Waals surface area contributed by atoms with E-state index >= 15 is 0 Å². The Morgan fingerprint density at radius 3 is 2.80 bits per heavy atom. The molecule has 0 bridgehead atoms. The maximum atomic E-state index is 12.6. The molecule has 1 heterocycles. The van der Waals surface area contributed by atoms with Gasteiger partial charge in [0.25, 0.3) is 5.91 Å². The molecule has 3 rings (SSSR count). The van der Waals surface area contributed by atoms with Crippen molar-refractivity contribution in [3.63, 3.8) is 0 Å². The second-order valence-electron chi connectivity index (χ2n) is 5.31. The number of ether oxygens (including phenoxy) is 1. The van der Waals surface area contributed by atoms with Crippen LogP contribution in [-0.2, 0) is 4.79 Å². The summed E-state index contributed by atoms with van der Waals surface area (Å²) in [5.41, 5.74) is 2.79. The Morgan fingerprint density at radius 2 is 2.08 bits per heavy atom. The highest BCUT2D eigenvalue weighted by Crippen LogP contribution is 2.29. The van der Waals surface area contributed by atoms with Crippen LogP contribution in [0.3, 0.4) is 0 Å². The number of nitrogens with zero attached hydrogens (tertiary/aromatic N) is 3. The normalized spacial score (nSPS) is 15.0. The van der Waals surface area contributed by atoms with Gasteiger partial charge in [0.05, 0.1) is 23.5 Å². The molecule has 25 heavy (non-hydrogen) atoms. The first-order chi connectivity index (χ1) is 12.2. The molecule has 0 unspecified atom stereocenters. The molecule has 0 saturated heterocycles. The van der Waals surface area contributed by atoms with Crippen LogP contribution in [0.4, 0.5) is 5.69 Å². The molecule has 1 amide bonds. The molecule has 0 saturated carbocycles.